The number of ether oxygens (including phenoxy) is 2. The number of carbonyl (C=O) groups excluding carboxylic acids is 1. The van der Waals surface area contributed by atoms with Crippen LogP contribution < -0.4 is 5.32 Å². The summed E-state index contributed by atoms with van der Waals surface area (Å²) in [7, 11) is 0. The van der Waals surface area contributed by atoms with Gasteiger partial charge in [0.25, 0.3) is 0 Å². The first-order valence-corrected chi connectivity index (χ1v) is 7.24. The van der Waals surface area contributed by atoms with Crippen LogP contribution in [-0.4, -0.2) is 33.0 Å². The highest BCUT2D eigenvalue weighted by Gasteiger charge is 2.33. The highest BCUT2D eigenvalue weighted by Crippen LogP contribution is 2.34. The SMILES string of the molecule is CCOC(=O)OC1=C(C)Nc2nnnn2C1c1ccc(C#N)cc1. The second kappa shape index (κ2) is 6.37. The standard InChI is InChI=1S/C15H14N6O3/c1-3-23-15(22)24-13-9(2)17-14-18-19-20-21(14)12(13)11-6-4-10(8-16)5-7-11/h4-7,12H,3H2,1-2H3,(H,17,18,20). The summed E-state index contributed by atoms with van der Waals surface area (Å²) < 4.78 is 11.7. The lowest BCUT2D eigenvalue weighted by atomic mass is 10.0. The molecule has 0 radical (unpaired) electrons. The van der Waals surface area contributed by atoms with Gasteiger partial charge in [0.05, 0.1) is 23.9 Å². The molecule has 9 nitrogen and oxygen atoms in total. The molecule has 9 heteroatoms. The lowest BCUT2D eigenvalue weighted by molar-refractivity contribution is 0.0745. The number of nitrogens with one attached hydrogen (secondary N) is 1. The zero-order valence-electron chi connectivity index (χ0n) is 13.1. The predicted octanol–water partition coefficient (Wildman–Crippen LogP) is 1.96. The van der Waals surface area contributed by atoms with Crippen LogP contribution in [0.1, 0.15) is 31.0 Å². The topological polar surface area (TPSA) is 115 Å². The zero-order chi connectivity index (χ0) is 17.1. The highest BCUT2D eigenvalue weighted by molar-refractivity contribution is 5.63. The molecule has 122 valence electrons. The number of nitriles is 1. The van der Waals surface area contributed by atoms with Gasteiger partial charge < -0.3 is 14.8 Å². The van der Waals surface area contributed by atoms with Crippen molar-refractivity contribution in [3.8, 4) is 6.07 Å². The fourth-order valence-electron chi connectivity index (χ4n) is 2.40. The average Bonchev–Trinajstić information content (AvgIpc) is 3.03. The maximum atomic E-state index is 11.8. The molecule has 2 aromatic rings. The normalized spacial score (nSPS) is 16.0. The Balaban J connectivity index is 2.03. The summed E-state index contributed by atoms with van der Waals surface area (Å²) in [5, 5.41) is 23.4. The Hall–Kier alpha value is -3.41. The summed E-state index contributed by atoms with van der Waals surface area (Å²) >= 11 is 0. The van der Waals surface area contributed by atoms with Crippen LogP contribution in [0.25, 0.3) is 0 Å². The van der Waals surface area contributed by atoms with Crippen molar-refractivity contribution in [2.24, 2.45) is 0 Å². The van der Waals surface area contributed by atoms with Crippen molar-refractivity contribution in [2.75, 3.05) is 11.9 Å². The number of allylic oxidation sites excluding steroid dienone is 2. The summed E-state index contributed by atoms with van der Waals surface area (Å²) in [5.74, 6) is 0.760. The number of tetrazole rings is 1. The first-order chi connectivity index (χ1) is 11.6. The van der Waals surface area contributed by atoms with Crippen LogP contribution in [0.5, 0.6) is 0 Å². The maximum Gasteiger partial charge on any atom is 0.513 e. The molecular formula is C15H14N6O3. The molecule has 3 rings (SSSR count). The Morgan fingerprint density at radius 3 is 2.83 bits per heavy atom. The van der Waals surface area contributed by atoms with Crippen molar-refractivity contribution >= 4 is 12.1 Å². The number of aromatic nitrogens is 4. The summed E-state index contributed by atoms with van der Waals surface area (Å²) in [5.41, 5.74) is 1.89. The minimum atomic E-state index is -0.802. The number of fused-ring (bicyclic) bond motifs is 1. The number of benzene rings is 1. The van der Waals surface area contributed by atoms with E-state index >= 15 is 0 Å². The Labute approximate surface area is 137 Å². The fraction of sp³-hybridized carbons (Fsp3) is 0.267. The summed E-state index contributed by atoms with van der Waals surface area (Å²) in [6.07, 6.45) is -0.802. The van der Waals surface area contributed by atoms with Crippen LogP contribution in [0.3, 0.4) is 0 Å². The number of carbonyl (C=O) groups is 1. The summed E-state index contributed by atoms with van der Waals surface area (Å²) in [6.45, 7) is 3.65. The Bertz CT molecular complexity index is 834. The van der Waals surface area contributed by atoms with Gasteiger partial charge in [-0.1, -0.05) is 17.2 Å². The van der Waals surface area contributed by atoms with Crippen molar-refractivity contribution in [1.29, 1.82) is 5.26 Å². The van der Waals surface area contributed by atoms with Crippen LogP contribution in [0.2, 0.25) is 0 Å². The van der Waals surface area contributed by atoms with E-state index in [1.165, 1.54) is 4.68 Å². The largest absolute Gasteiger partial charge is 0.513 e. The molecule has 1 aliphatic heterocycles. The molecule has 24 heavy (non-hydrogen) atoms. The van der Waals surface area contributed by atoms with E-state index in [4.69, 9.17) is 14.7 Å². The van der Waals surface area contributed by atoms with Gasteiger partial charge in [0, 0.05) is 0 Å². The van der Waals surface area contributed by atoms with Crippen molar-refractivity contribution in [1.82, 2.24) is 20.2 Å². The smallest absolute Gasteiger partial charge is 0.434 e. The van der Waals surface area contributed by atoms with Gasteiger partial charge in [0.15, 0.2) is 5.76 Å². The molecule has 0 fully saturated rings. The second-order valence-corrected chi connectivity index (χ2v) is 4.98. The van der Waals surface area contributed by atoms with Gasteiger partial charge in [-0.3, -0.25) is 0 Å². The molecule has 0 amide bonds. The van der Waals surface area contributed by atoms with E-state index in [0.717, 1.165) is 5.56 Å². The molecule has 0 saturated heterocycles. The predicted molar refractivity (Wildman–Crippen MR) is 81.5 cm³/mol. The number of hydrogen-bond acceptors (Lipinski definition) is 8. The molecule has 2 heterocycles. The molecule has 0 aliphatic carbocycles. The molecule has 1 aromatic heterocycles. The van der Waals surface area contributed by atoms with Gasteiger partial charge >= 0.3 is 6.16 Å². The molecule has 1 N–H and O–H groups in total. The van der Waals surface area contributed by atoms with Gasteiger partial charge in [0.2, 0.25) is 5.95 Å². The third kappa shape index (κ3) is 2.77. The maximum absolute atomic E-state index is 11.8. The molecule has 0 spiro atoms. The first kappa shape index (κ1) is 15.5. The van der Waals surface area contributed by atoms with E-state index in [9.17, 15) is 4.79 Å². The van der Waals surface area contributed by atoms with Crippen molar-refractivity contribution in [2.45, 2.75) is 19.9 Å². The van der Waals surface area contributed by atoms with Crippen LogP contribution in [0, 0.1) is 11.3 Å². The van der Waals surface area contributed by atoms with E-state index in [0.29, 0.717) is 23.0 Å². The number of anilines is 1. The van der Waals surface area contributed by atoms with E-state index in [1.807, 2.05) is 0 Å². The molecular weight excluding hydrogens is 312 g/mol. The lowest BCUT2D eigenvalue weighted by Crippen LogP contribution is -2.27. The van der Waals surface area contributed by atoms with Crippen LogP contribution in [0.4, 0.5) is 10.7 Å². The lowest BCUT2D eigenvalue weighted by Gasteiger charge is -2.27. The fourth-order valence-corrected chi connectivity index (χ4v) is 2.40. The van der Waals surface area contributed by atoms with Gasteiger partial charge in [-0.15, -0.1) is 0 Å². The van der Waals surface area contributed by atoms with Gasteiger partial charge in [-0.2, -0.15) is 9.94 Å². The van der Waals surface area contributed by atoms with E-state index in [1.54, 1.807) is 38.1 Å². The highest BCUT2D eigenvalue weighted by atomic mass is 16.7. The molecule has 1 atom stereocenters. The minimum Gasteiger partial charge on any atom is -0.434 e. The van der Waals surface area contributed by atoms with E-state index < -0.39 is 12.2 Å². The van der Waals surface area contributed by atoms with Gasteiger partial charge in [-0.05, 0) is 42.0 Å². The van der Waals surface area contributed by atoms with Crippen molar-refractivity contribution in [3.05, 3.63) is 46.8 Å². The Morgan fingerprint density at radius 2 is 2.17 bits per heavy atom. The Kier molecular flexibility index (Phi) is 4.11. The van der Waals surface area contributed by atoms with Gasteiger partial charge in [-0.25, -0.2) is 4.79 Å². The zero-order valence-corrected chi connectivity index (χ0v) is 13.1. The average molecular weight is 326 g/mol. The molecule has 1 aromatic carbocycles. The third-order valence-electron chi connectivity index (χ3n) is 3.47. The number of hydrogen-bond donors (Lipinski definition) is 1. The first-order valence-electron chi connectivity index (χ1n) is 7.24. The Morgan fingerprint density at radius 1 is 1.42 bits per heavy atom. The summed E-state index contributed by atoms with van der Waals surface area (Å²) in [6, 6.07) is 8.41. The molecule has 0 bridgehead atoms. The van der Waals surface area contributed by atoms with Gasteiger partial charge in [0.1, 0.15) is 6.04 Å². The quantitative estimate of drug-likeness (QED) is 0.851. The number of nitrogens with zero attached hydrogens (tertiary/aromatic N) is 5. The summed E-state index contributed by atoms with van der Waals surface area (Å²) in [4.78, 5) is 11.8. The molecule has 1 aliphatic rings. The second-order valence-electron chi connectivity index (χ2n) is 4.98. The molecule has 1 unspecified atom stereocenters. The third-order valence-corrected chi connectivity index (χ3v) is 3.47. The minimum absolute atomic E-state index is 0.205. The van der Waals surface area contributed by atoms with Crippen LogP contribution in [0.15, 0.2) is 35.7 Å². The van der Waals surface area contributed by atoms with E-state index in [2.05, 4.69) is 26.9 Å². The van der Waals surface area contributed by atoms with E-state index in [-0.39, 0.29) is 6.61 Å². The number of rotatable bonds is 3. The van der Waals surface area contributed by atoms with Crippen LogP contribution >= 0.6 is 0 Å². The monoisotopic (exact) mass is 326 g/mol. The van der Waals surface area contributed by atoms with Crippen molar-refractivity contribution in [3.63, 3.8) is 0 Å². The van der Waals surface area contributed by atoms with Crippen molar-refractivity contribution < 1.29 is 14.3 Å². The molecule has 0 saturated carbocycles. The van der Waals surface area contributed by atoms with Crippen LogP contribution in [-0.2, 0) is 9.47 Å².